The van der Waals surface area contributed by atoms with Gasteiger partial charge in [0.15, 0.2) is 0 Å². The first-order valence-corrected chi connectivity index (χ1v) is 14.0. The molecule has 0 radical (unpaired) electrons. The molecular weight excluding hydrogens is 442 g/mol. The van der Waals surface area contributed by atoms with Crippen molar-refractivity contribution in [1.29, 1.82) is 5.26 Å². The molecule has 0 bridgehead atoms. The summed E-state index contributed by atoms with van der Waals surface area (Å²) in [7, 11) is -2.64. The van der Waals surface area contributed by atoms with Crippen molar-refractivity contribution in [2.24, 2.45) is 0 Å². The van der Waals surface area contributed by atoms with E-state index in [2.05, 4.69) is 113 Å². The molecule has 2 nitrogen and oxygen atoms in total. The normalized spacial score (nSPS) is 11.8. The Kier molecular flexibility index (Phi) is 7.07. The molecule has 0 unspecified atom stereocenters. The number of nitrogens with zero attached hydrogens (tertiary/aromatic N) is 1. The summed E-state index contributed by atoms with van der Waals surface area (Å²) in [5.74, 6) is 0. The van der Waals surface area contributed by atoms with Crippen LogP contribution in [0.15, 0.2) is 97.1 Å². The molecule has 0 aromatic heterocycles. The second kappa shape index (κ2) is 10.0. The number of hydrogen-bond acceptors (Lipinski definition) is 2. The SMILES string of the molecule is Cc1ccc(-c2ccccc2C#N)c(C)c1CO[Si](c1ccccc1)(c1ccccc1)C(C)(C)C. The van der Waals surface area contributed by atoms with Gasteiger partial charge < -0.3 is 4.43 Å². The van der Waals surface area contributed by atoms with Crippen LogP contribution in [-0.2, 0) is 11.0 Å². The van der Waals surface area contributed by atoms with Crippen molar-refractivity contribution in [1.82, 2.24) is 0 Å². The molecule has 176 valence electrons. The van der Waals surface area contributed by atoms with Crippen molar-refractivity contribution in [3.63, 3.8) is 0 Å². The van der Waals surface area contributed by atoms with Gasteiger partial charge in [-0.1, -0.05) is 112 Å². The molecule has 0 saturated heterocycles. The molecule has 0 atom stereocenters. The quantitative estimate of drug-likeness (QED) is 0.284. The van der Waals surface area contributed by atoms with Crippen LogP contribution in [0.4, 0.5) is 0 Å². The fourth-order valence-corrected chi connectivity index (χ4v) is 9.68. The first-order chi connectivity index (χ1) is 16.8. The lowest BCUT2D eigenvalue weighted by Gasteiger charge is -2.43. The smallest absolute Gasteiger partial charge is 0.261 e. The molecule has 3 heteroatoms. The minimum absolute atomic E-state index is 0.0808. The average Bonchev–Trinajstić information content (AvgIpc) is 2.86. The molecule has 4 rings (SSSR count). The van der Waals surface area contributed by atoms with Crippen LogP contribution in [0.5, 0.6) is 0 Å². The third kappa shape index (κ3) is 4.60. The van der Waals surface area contributed by atoms with Gasteiger partial charge in [-0.15, -0.1) is 0 Å². The summed E-state index contributed by atoms with van der Waals surface area (Å²) in [5.41, 5.74) is 6.33. The molecule has 4 aromatic carbocycles. The topological polar surface area (TPSA) is 33.0 Å². The lowest BCUT2D eigenvalue weighted by atomic mass is 9.91. The lowest BCUT2D eigenvalue weighted by Crippen LogP contribution is -2.66. The molecule has 4 aromatic rings. The van der Waals surface area contributed by atoms with Gasteiger partial charge in [0.2, 0.25) is 0 Å². The molecule has 0 aliphatic rings. The fourth-order valence-electron chi connectivity index (χ4n) is 5.16. The van der Waals surface area contributed by atoms with E-state index in [0.717, 1.165) is 11.1 Å². The number of rotatable bonds is 6. The Labute approximate surface area is 211 Å². The maximum absolute atomic E-state index is 9.68. The summed E-state index contributed by atoms with van der Waals surface area (Å²) in [6, 6.07) is 36.0. The minimum atomic E-state index is -2.64. The van der Waals surface area contributed by atoms with Crippen molar-refractivity contribution in [3.8, 4) is 17.2 Å². The van der Waals surface area contributed by atoms with Gasteiger partial charge in [0.25, 0.3) is 8.32 Å². The zero-order valence-electron chi connectivity index (χ0n) is 21.3. The highest BCUT2D eigenvalue weighted by Crippen LogP contribution is 2.38. The summed E-state index contributed by atoms with van der Waals surface area (Å²) in [5, 5.41) is 12.2. The van der Waals surface area contributed by atoms with E-state index in [1.165, 1.54) is 27.1 Å². The van der Waals surface area contributed by atoms with E-state index in [4.69, 9.17) is 4.43 Å². The second-order valence-electron chi connectivity index (χ2n) is 10.1. The van der Waals surface area contributed by atoms with Crippen molar-refractivity contribution >= 4 is 18.7 Å². The number of aryl methyl sites for hydroxylation is 1. The molecule has 0 heterocycles. The predicted octanol–water partition coefficient (Wildman–Crippen LogP) is 6.92. The third-order valence-electron chi connectivity index (χ3n) is 7.02. The van der Waals surface area contributed by atoms with Crippen LogP contribution in [0, 0.1) is 25.2 Å². The van der Waals surface area contributed by atoms with E-state index in [9.17, 15) is 5.26 Å². The molecule has 0 spiro atoms. The van der Waals surface area contributed by atoms with E-state index >= 15 is 0 Å². The van der Waals surface area contributed by atoms with E-state index in [1.807, 2.05) is 24.3 Å². The Morgan fingerprint density at radius 1 is 0.714 bits per heavy atom. The second-order valence-corrected chi connectivity index (χ2v) is 14.4. The van der Waals surface area contributed by atoms with Crippen LogP contribution in [0.2, 0.25) is 5.04 Å². The molecular formula is C32H33NOSi. The van der Waals surface area contributed by atoms with Crippen molar-refractivity contribution in [2.45, 2.75) is 46.3 Å². The zero-order chi connectivity index (χ0) is 25.1. The third-order valence-corrected chi connectivity index (χ3v) is 12.0. The van der Waals surface area contributed by atoms with Crippen LogP contribution in [0.1, 0.15) is 43.0 Å². The summed E-state index contributed by atoms with van der Waals surface area (Å²) >= 11 is 0. The molecule has 0 N–H and O–H groups in total. The van der Waals surface area contributed by atoms with Crippen molar-refractivity contribution < 1.29 is 4.43 Å². The Hall–Kier alpha value is -3.45. The summed E-state index contributed by atoms with van der Waals surface area (Å²) in [6.45, 7) is 11.7. The Balaban J connectivity index is 1.85. The zero-order valence-corrected chi connectivity index (χ0v) is 22.3. The first-order valence-electron chi connectivity index (χ1n) is 12.1. The highest BCUT2D eigenvalue weighted by atomic mass is 28.4. The molecule has 35 heavy (non-hydrogen) atoms. The predicted molar refractivity (Wildman–Crippen MR) is 148 cm³/mol. The molecule has 0 aliphatic heterocycles. The number of nitriles is 1. The van der Waals surface area contributed by atoms with Gasteiger partial charge in [-0.2, -0.15) is 5.26 Å². The Morgan fingerprint density at radius 2 is 1.26 bits per heavy atom. The monoisotopic (exact) mass is 475 g/mol. The van der Waals surface area contributed by atoms with Crippen LogP contribution in [-0.4, -0.2) is 8.32 Å². The van der Waals surface area contributed by atoms with Gasteiger partial charge in [0.1, 0.15) is 0 Å². The number of benzene rings is 4. The molecule has 0 amide bonds. The summed E-state index contributed by atoms with van der Waals surface area (Å²) in [4.78, 5) is 0. The standard InChI is InChI=1S/C32H33NOSi/c1-24-20-21-29(30-19-13-12-14-26(30)22-33)25(2)31(24)23-34-35(32(3,4)5,27-15-8-6-9-16-27)28-17-10-7-11-18-28/h6-21H,23H2,1-5H3. The van der Waals surface area contributed by atoms with Gasteiger partial charge in [-0.05, 0) is 63.1 Å². The summed E-state index contributed by atoms with van der Waals surface area (Å²) < 4.78 is 7.24. The van der Waals surface area contributed by atoms with E-state index in [-0.39, 0.29) is 5.04 Å². The van der Waals surface area contributed by atoms with Gasteiger partial charge in [0.05, 0.1) is 18.2 Å². The van der Waals surface area contributed by atoms with E-state index in [1.54, 1.807) is 0 Å². The van der Waals surface area contributed by atoms with Gasteiger partial charge in [-0.3, -0.25) is 0 Å². The van der Waals surface area contributed by atoms with Crippen LogP contribution >= 0.6 is 0 Å². The maximum atomic E-state index is 9.68. The van der Waals surface area contributed by atoms with E-state index in [0.29, 0.717) is 12.2 Å². The molecule has 0 aliphatic carbocycles. The Bertz CT molecular complexity index is 1310. The van der Waals surface area contributed by atoms with Gasteiger partial charge in [0, 0.05) is 0 Å². The molecule has 0 fully saturated rings. The lowest BCUT2D eigenvalue weighted by molar-refractivity contribution is 0.285. The van der Waals surface area contributed by atoms with Crippen LogP contribution < -0.4 is 10.4 Å². The van der Waals surface area contributed by atoms with Crippen molar-refractivity contribution in [2.75, 3.05) is 0 Å². The molecule has 0 saturated carbocycles. The van der Waals surface area contributed by atoms with Crippen molar-refractivity contribution in [3.05, 3.63) is 119 Å². The maximum Gasteiger partial charge on any atom is 0.261 e. The van der Waals surface area contributed by atoms with Crippen LogP contribution in [0.3, 0.4) is 0 Å². The Morgan fingerprint density at radius 3 is 1.80 bits per heavy atom. The largest absolute Gasteiger partial charge is 0.403 e. The first kappa shape index (κ1) is 24.7. The van der Waals surface area contributed by atoms with Crippen LogP contribution in [0.25, 0.3) is 11.1 Å². The average molecular weight is 476 g/mol. The van der Waals surface area contributed by atoms with E-state index < -0.39 is 8.32 Å². The number of hydrogen-bond donors (Lipinski definition) is 0. The highest BCUT2D eigenvalue weighted by Gasteiger charge is 2.50. The van der Waals surface area contributed by atoms with Gasteiger partial charge >= 0.3 is 0 Å². The highest BCUT2D eigenvalue weighted by molar-refractivity contribution is 6.99. The van der Waals surface area contributed by atoms with Gasteiger partial charge in [-0.25, -0.2) is 0 Å². The fraction of sp³-hybridized carbons (Fsp3) is 0.219. The minimum Gasteiger partial charge on any atom is -0.403 e. The summed E-state index contributed by atoms with van der Waals surface area (Å²) in [6.07, 6.45) is 0.